The number of ether oxygens (including phenoxy) is 2. The van der Waals surface area contributed by atoms with Gasteiger partial charge in [-0.2, -0.15) is 0 Å². The van der Waals surface area contributed by atoms with Crippen LogP contribution in [0.25, 0.3) is 0 Å². The Morgan fingerprint density at radius 1 is 0.882 bits per heavy atom. The number of rotatable bonds is 8. The van der Waals surface area contributed by atoms with E-state index in [2.05, 4.69) is 6.92 Å². The molecule has 5 heteroatoms. The number of carbonyl (C=O) groups excluding carboxylic acids is 2. The van der Waals surface area contributed by atoms with Crippen LogP contribution in [0.3, 0.4) is 0 Å². The molecule has 0 aliphatic heterocycles. The molecule has 182 valence electrons. The van der Waals surface area contributed by atoms with E-state index in [1.54, 1.807) is 24.3 Å². The SMILES string of the molecule is CCCCC[C@@H]1CC[C@H]2C[C@H](OC(=O)c3ccc(OC(=O)c4cccc(F)c4)cc3)CC[C@@H]2C1. The molecule has 0 aromatic heterocycles. The summed E-state index contributed by atoms with van der Waals surface area (Å²) >= 11 is 0. The van der Waals surface area contributed by atoms with Crippen LogP contribution in [0.15, 0.2) is 48.5 Å². The van der Waals surface area contributed by atoms with Crippen LogP contribution in [-0.2, 0) is 4.74 Å². The average Bonchev–Trinajstić information content (AvgIpc) is 2.84. The first kappa shape index (κ1) is 24.4. The highest BCUT2D eigenvalue weighted by molar-refractivity contribution is 5.92. The van der Waals surface area contributed by atoms with Gasteiger partial charge in [0.1, 0.15) is 17.7 Å². The third kappa shape index (κ3) is 6.46. The molecule has 2 aromatic rings. The Hall–Kier alpha value is -2.69. The van der Waals surface area contributed by atoms with Gasteiger partial charge in [0, 0.05) is 0 Å². The number of halogens is 1. The Morgan fingerprint density at radius 2 is 1.65 bits per heavy atom. The van der Waals surface area contributed by atoms with Crippen molar-refractivity contribution < 1.29 is 23.5 Å². The molecule has 4 nitrogen and oxygen atoms in total. The van der Waals surface area contributed by atoms with Crippen LogP contribution in [0.5, 0.6) is 5.75 Å². The number of esters is 2. The van der Waals surface area contributed by atoms with Gasteiger partial charge in [-0.1, -0.05) is 45.1 Å². The molecular formula is C29H35FO4. The van der Waals surface area contributed by atoms with Gasteiger partial charge in [0.25, 0.3) is 0 Å². The number of unbranched alkanes of at least 4 members (excludes halogenated alkanes) is 2. The molecule has 0 bridgehead atoms. The molecule has 2 fully saturated rings. The van der Waals surface area contributed by atoms with Crippen molar-refractivity contribution in [2.45, 2.75) is 77.2 Å². The minimum Gasteiger partial charge on any atom is -0.459 e. The average molecular weight is 467 g/mol. The van der Waals surface area contributed by atoms with Gasteiger partial charge in [-0.3, -0.25) is 0 Å². The number of fused-ring (bicyclic) bond motifs is 1. The molecule has 2 saturated carbocycles. The maximum Gasteiger partial charge on any atom is 0.343 e. The minimum absolute atomic E-state index is 0.0177. The summed E-state index contributed by atoms with van der Waals surface area (Å²) < 4.78 is 24.4. The first-order valence-corrected chi connectivity index (χ1v) is 12.8. The Bertz CT molecular complexity index is 970. The Labute approximate surface area is 201 Å². The largest absolute Gasteiger partial charge is 0.459 e. The lowest BCUT2D eigenvalue weighted by atomic mass is 9.66. The second-order valence-corrected chi connectivity index (χ2v) is 9.96. The molecule has 0 unspecified atom stereocenters. The molecule has 4 rings (SSSR count). The highest BCUT2D eigenvalue weighted by atomic mass is 19.1. The van der Waals surface area contributed by atoms with Gasteiger partial charge < -0.3 is 9.47 Å². The summed E-state index contributed by atoms with van der Waals surface area (Å²) in [5, 5.41) is 0. The quantitative estimate of drug-likeness (QED) is 0.232. The number of benzene rings is 2. The summed E-state index contributed by atoms with van der Waals surface area (Å²) in [5.74, 6) is 1.18. The molecule has 0 spiro atoms. The van der Waals surface area contributed by atoms with Crippen LogP contribution < -0.4 is 4.74 Å². The second kappa shape index (κ2) is 11.6. The molecule has 4 atom stereocenters. The Kier molecular flexibility index (Phi) is 8.36. The summed E-state index contributed by atoms with van der Waals surface area (Å²) in [6, 6.07) is 11.7. The lowest BCUT2D eigenvalue weighted by Gasteiger charge is -2.42. The first-order chi connectivity index (χ1) is 16.5. The standard InChI is InChI=1S/C29H35FO4/c1-2-3-4-6-20-9-10-23-19-27(16-13-22(23)17-20)34-28(31)21-11-14-26(15-12-21)33-29(32)24-7-5-8-25(30)18-24/h5,7-8,11-12,14-15,18,20,22-23,27H,2-4,6,9-10,13,16-17,19H2,1H3/t20-,22-,23+,27-/m1/s1. The predicted molar refractivity (Wildman–Crippen MR) is 129 cm³/mol. The summed E-state index contributed by atoms with van der Waals surface area (Å²) in [6.45, 7) is 2.26. The minimum atomic E-state index is -0.647. The van der Waals surface area contributed by atoms with Crippen molar-refractivity contribution in [2.75, 3.05) is 0 Å². The lowest BCUT2D eigenvalue weighted by Crippen LogP contribution is -2.35. The van der Waals surface area contributed by atoms with E-state index in [-0.39, 0.29) is 17.6 Å². The maximum absolute atomic E-state index is 13.3. The molecule has 0 N–H and O–H groups in total. The van der Waals surface area contributed by atoms with Crippen LogP contribution in [-0.4, -0.2) is 18.0 Å². The molecule has 2 aliphatic carbocycles. The van der Waals surface area contributed by atoms with Gasteiger partial charge in [0.15, 0.2) is 0 Å². The van der Waals surface area contributed by atoms with Crippen molar-refractivity contribution in [3.63, 3.8) is 0 Å². The van der Waals surface area contributed by atoms with Crippen LogP contribution in [0.2, 0.25) is 0 Å². The van der Waals surface area contributed by atoms with Gasteiger partial charge >= 0.3 is 11.9 Å². The number of hydrogen-bond acceptors (Lipinski definition) is 4. The third-order valence-corrected chi connectivity index (χ3v) is 7.52. The third-order valence-electron chi connectivity index (χ3n) is 7.52. The molecule has 0 heterocycles. The highest BCUT2D eigenvalue weighted by Gasteiger charge is 2.36. The van der Waals surface area contributed by atoms with E-state index < -0.39 is 11.8 Å². The predicted octanol–water partition coefficient (Wildman–Crippen LogP) is 7.37. The van der Waals surface area contributed by atoms with Gasteiger partial charge in [-0.05, 0) is 92.3 Å². The molecular weight excluding hydrogens is 431 g/mol. The van der Waals surface area contributed by atoms with E-state index in [4.69, 9.17) is 9.47 Å². The summed E-state index contributed by atoms with van der Waals surface area (Å²) in [6.07, 6.45) is 12.4. The number of carbonyl (C=O) groups is 2. The Balaban J connectivity index is 1.25. The summed E-state index contributed by atoms with van der Waals surface area (Å²) in [7, 11) is 0. The smallest absolute Gasteiger partial charge is 0.343 e. The lowest BCUT2D eigenvalue weighted by molar-refractivity contribution is -0.00628. The van der Waals surface area contributed by atoms with Crippen LogP contribution >= 0.6 is 0 Å². The summed E-state index contributed by atoms with van der Waals surface area (Å²) in [5.41, 5.74) is 0.571. The van der Waals surface area contributed by atoms with Crippen LogP contribution in [0, 0.1) is 23.6 Å². The molecule has 0 radical (unpaired) electrons. The fraction of sp³-hybridized carbons (Fsp3) is 0.517. The molecule has 34 heavy (non-hydrogen) atoms. The fourth-order valence-electron chi connectivity index (χ4n) is 5.66. The monoisotopic (exact) mass is 466 g/mol. The molecule has 2 aromatic carbocycles. The second-order valence-electron chi connectivity index (χ2n) is 9.96. The van der Waals surface area contributed by atoms with E-state index in [0.29, 0.717) is 17.2 Å². The van der Waals surface area contributed by atoms with Crippen molar-refractivity contribution in [2.24, 2.45) is 17.8 Å². The van der Waals surface area contributed by atoms with Crippen molar-refractivity contribution in [3.8, 4) is 5.75 Å². The van der Waals surface area contributed by atoms with E-state index in [0.717, 1.165) is 37.2 Å². The van der Waals surface area contributed by atoms with Crippen molar-refractivity contribution in [1.82, 2.24) is 0 Å². The van der Waals surface area contributed by atoms with E-state index in [1.165, 1.54) is 63.1 Å². The van der Waals surface area contributed by atoms with Crippen molar-refractivity contribution in [1.29, 1.82) is 0 Å². The number of hydrogen-bond donors (Lipinski definition) is 0. The zero-order valence-corrected chi connectivity index (χ0v) is 20.0. The van der Waals surface area contributed by atoms with E-state index in [1.807, 2.05) is 0 Å². The van der Waals surface area contributed by atoms with Crippen molar-refractivity contribution >= 4 is 11.9 Å². The van der Waals surface area contributed by atoms with Crippen LogP contribution in [0.1, 0.15) is 91.8 Å². The summed E-state index contributed by atoms with van der Waals surface area (Å²) in [4.78, 5) is 24.9. The topological polar surface area (TPSA) is 52.6 Å². The van der Waals surface area contributed by atoms with Gasteiger partial charge in [0.2, 0.25) is 0 Å². The van der Waals surface area contributed by atoms with Gasteiger partial charge in [0.05, 0.1) is 11.1 Å². The van der Waals surface area contributed by atoms with E-state index in [9.17, 15) is 14.0 Å². The maximum atomic E-state index is 13.3. The van der Waals surface area contributed by atoms with Crippen molar-refractivity contribution in [3.05, 3.63) is 65.5 Å². The Morgan fingerprint density at radius 3 is 2.41 bits per heavy atom. The zero-order valence-electron chi connectivity index (χ0n) is 20.0. The normalized spacial score (nSPS) is 24.2. The molecule has 2 aliphatic rings. The fourth-order valence-corrected chi connectivity index (χ4v) is 5.66. The molecule has 0 amide bonds. The van der Waals surface area contributed by atoms with Gasteiger partial charge in [-0.15, -0.1) is 0 Å². The molecule has 0 saturated heterocycles. The first-order valence-electron chi connectivity index (χ1n) is 12.8. The zero-order chi connectivity index (χ0) is 23.9. The van der Waals surface area contributed by atoms with Crippen LogP contribution in [0.4, 0.5) is 4.39 Å². The highest BCUT2D eigenvalue weighted by Crippen LogP contribution is 2.44. The van der Waals surface area contributed by atoms with Gasteiger partial charge in [-0.25, -0.2) is 14.0 Å². The van der Waals surface area contributed by atoms with E-state index >= 15 is 0 Å².